The Kier molecular flexibility index (Phi) is 6.78. The average molecular weight is 379 g/mol. The highest BCUT2D eigenvalue weighted by atomic mass is 16.6. The normalized spacial score (nSPS) is 33.0. The Morgan fingerprint density at radius 3 is 2.78 bits per heavy atom. The Balaban J connectivity index is 1.89. The topological polar surface area (TPSA) is 76.0 Å². The van der Waals surface area contributed by atoms with Crippen molar-refractivity contribution in [3.05, 3.63) is 11.6 Å². The van der Waals surface area contributed by atoms with Crippen LogP contribution in [-0.4, -0.2) is 45.7 Å². The molecule has 0 spiro atoms. The number of terminal acetylenes is 1. The van der Waals surface area contributed by atoms with Crippen LogP contribution in [0.3, 0.4) is 0 Å². The summed E-state index contributed by atoms with van der Waals surface area (Å²) in [4.78, 5) is 11.1. The molecule has 0 saturated carbocycles. The summed E-state index contributed by atoms with van der Waals surface area (Å²) in [6, 6.07) is 0. The Morgan fingerprint density at radius 2 is 2.19 bits per heavy atom. The Bertz CT molecular complexity index is 617. The predicted molar refractivity (Wildman–Crippen MR) is 104 cm³/mol. The highest BCUT2D eigenvalue weighted by molar-refractivity contribution is 5.68. The lowest BCUT2D eigenvalue weighted by Gasteiger charge is -2.44. The minimum absolute atomic E-state index is 0.00379. The first kappa shape index (κ1) is 21.9. The zero-order valence-corrected chi connectivity index (χ0v) is 17.1. The van der Waals surface area contributed by atoms with E-state index in [0.29, 0.717) is 13.0 Å². The van der Waals surface area contributed by atoms with Gasteiger partial charge in [0.15, 0.2) is 0 Å². The number of allylic oxidation sites excluding steroid dienone is 1. The van der Waals surface area contributed by atoms with Gasteiger partial charge >= 0.3 is 5.97 Å². The lowest BCUT2D eigenvalue weighted by Crippen LogP contribution is -2.53. The number of hydrogen-bond acceptors (Lipinski definition) is 4. The maximum Gasteiger partial charge on any atom is 0.306 e. The number of rotatable bonds is 9. The SMILES string of the molecule is C#CC(O)(CC=C(C)C)C(C)CCC[C@]1(C)OC[C@]2(CC(=O)O)CC[C@H]1O2. The van der Waals surface area contributed by atoms with Crippen LogP contribution in [-0.2, 0) is 14.3 Å². The smallest absolute Gasteiger partial charge is 0.306 e. The zero-order valence-electron chi connectivity index (χ0n) is 17.1. The number of aliphatic carboxylic acids is 1. The first-order valence-electron chi connectivity index (χ1n) is 9.91. The summed E-state index contributed by atoms with van der Waals surface area (Å²) < 4.78 is 12.3. The first-order chi connectivity index (χ1) is 12.5. The molecule has 0 aliphatic carbocycles. The van der Waals surface area contributed by atoms with Gasteiger partial charge in [-0.05, 0) is 52.4 Å². The van der Waals surface area contributed by atoms with E-state index in [0.717, 1.165) is 37.7 Å². The van der Waals surface area contributed by atoms with Crippen molar-refractivity contribution in [3.8, 4) is 12.3 Å². The number of fused-ring (bicyclic) bond motifs is 2. The third kappa shape index (κ3) is 5.13. The van der Waals surface area contributed by atoms with Crippen molar-refractivity contribution in [1.82, 2.24) is 0 Å². The van der Waals surface area contributed by atoms with E-state index in [4.69, 9.17) is 21.0 Å². The maximum atomic E-state index is 11.1. The molecule has 2 rings (SSSR count). The van der Waals surface area contributed by atoms with Crippen LogP contribution in [0.4, 0.5) is 0 Å². The molecule has 2 heterocycles. The van der Waals surface area contributed by atoms with Crippen LogP contribution in [0.1, 0.15) is 72.6 Å². The predicted octanol–water partition coefficient (Wildman–Crippen LogP) is 3.69. The molecule has 0 aromatic carbocycles. The van der Waals surface area contributed by atoms with Crippen molar-refractivity contribution >= 4 is 5.97 Å². The fourth-order valence-electron chi connectivity index (χ4n) is 4.19. The lowest BCUT2D eigenvalue weighted by molar-refractivity contribution is -0.243. The summed E-state index contributed by atoms with van der Waals surface area (Å²) in [6.45, 7) is 8.36. The number of ether oxygens (including phenoxy) is 2. The largest absolute Gasteiger partial charge is 0.481 e. The summed E-state index contributed by atoms with van der Waals surface area (Å²) in [5, 5.41) is 19.9. The molecule has 2 aliphatic rings. The standard InChI is InChI=1S/C22H34O5/c1-6-22(25,13-9-16(2)3)17(4)8-7-11-20(5)18-10-12-21(27-18,15-26-20)14-19(23)24/h1,9,17-18,25H,7-8,10-15H2,2-5H3,(H,23,24)/t17?,18-,20+,21-,22?/m1/s1. The van der Waals surface area contributed by atoms with Crippen molar-refractivity contribution in [2.24, 2.45) is 5.92 Å². The molecule has 0 aromatic heterocycles. The van der Waals surface area contributed by atoms with Gasteiger partial charge in [0.1, 0.15) is 11.2 Å². The quantitative estimate of drug-likeness (QED) is 0.473. The molecule has 2 fully saturated rings. The second kappa shape index (κ2) is 8.34. The highest BCUT2D eigenvalue weighted by Gasteiger charge is 2.54. The second-order valence-corrected chi connectivity index (χ2v) is 8.85. The van der Waals surface area contributed by atoms with Gasteiger partial charge in [-0.1, -0.05) is 30.9 Å². The highest BCUT2D eigenvalue weighted by Crippen LogP contribution is 2.46. The van der Waals surface area contributed by atoms with Crippen molar-refractivity contribution in [1.29, 1.82) is 0 Å². The molecule has 0 amide bonds. The third-order valence-corrected chi connectivity index (χ3v) is 6.27. The van der Waals surface area contributed by atoms with Crippen molar-refractivity contribution < 1.29 is 24.5 Å². The van der Waals surface area contributed by atoms with E-state index >= 15 is 0 Å². The van der Waals surface area contributed by atoms with Crippen LogP contribution in [0.15, 0.2) is 11.6 Å². The van der Waals surface area contributed by atoms with E-state index < -0.39 is 22.8 Å². The molecular formula is C22H34O5. The Hall–Kier alpha value is -1.35. The van der Waals surface area contributed by atoms with Gasteiger partial charge in [-0.15, -0.1) is 6.42 Å². The summed E-state index contributed by atoms with van der Waals surface area (Å²) in [7, 11) is 0. The van der Waals surface area contributed by atoms with E-state index in [1.54, 1.807) is 0 Å². The van der Waals surface area contributed by atoms with Gasteiger partial charge in [-0.25, -0.2) is 0 Å². The van der Waals surface area contributed by atoms with Gasteiger partial charge < -0.3 is 19.7 Å². The Morgan fingerprint density at radius 1 is 1.48 bits per heavy atom. The molecule has 2 bridgehead atoms. The van der Waals surface area contributed by atoms with Gasteiger partial charge in [-0.2, -0.15) is 0 Å². The van der Waals surface area contributed by atoms with Crippen molar-refractivity contribution in [3.63, 3.8) is 0 Å². The summed E-state index contributed by atoms with van der Waals surface area (Å²) >= 11 is 0. The van der Waals surface area contributed by atoms with E-state index in [-0.39, 0.29) is 18.4 Å². The minimum atomic E-state index is -1.13. The third-order valence-electron chi connectivity index (χ3n) is 6.27. The van der Waals surface area contributed by atoms with E-state index in [1.807, 2.05) is 26.8 Å². The molecule has 0 radical (unpaired) electrons. The van der Waals surface area contributed by atoms with Gasteiger partial charge in [0.2, 0.25) is 0 Å². The maximum absolute atomic E-state index is 11.1. The fraction of sp³-hybridized carbons (Fsp3) is 0.773. The monoisotopic (exact) mass is 378 g/mol. The van der Waals surface area contributed by atoms with Crippen LogP contribution < -0.4 is 0 Å². The zero-order chi connectivity index (χ0) is 20.3. The van der Waals surface area contributed by atoms with E-state index in [2.05, 4.69) is 12.8 Å². The van der Waals surface area contributed by atoms with Gasteiger partial charge in [0.25, 0.3) is 0 Å². The molecule has 5 heteroatoms. The summed E-state index contributed by atoms with van der Waals surface area (Å²) in [5.41, 5.74) is -1.06. The molecule has 2 saturated heterocycles. The number of carboxylic acid groups (broad SMARTS) is 1. The average Bonchev–Trinajstić information content (AvgIpc) is 2.96. The second-order valence-electron chi connectivity index (χ2n) is 8.85. The molecule has 5 atom stereocenters. The van der Waals surface area contributed by atoms with Crippen molar-refractivity contribution in [2.75, 3.05) is 6.61 Å². The molecular weight excluding hydrogens is 344 g/mol. The van der Waals surface area contributed by atoms with E-state index in [1.165, 1.54) is 0 Å². The number of carboxylic acids is 1. The lowest BCUT2D eigenvalue weighted by atomic mass is 9.81. The molecule has 2 unspecified atom stereocenters. The molecule has 2 aliphatic heterocycles. The van der Waals surface area contributed by atoms with E-state index in [9.17, 15) is 9.90 Å². The molecule has 2 N–H and O–H groups in total. The Labute approximate surface area is 163 Å². The molecule has 0 aromatic rings. The molecule has 152 valence electrons. The minimum Gasteiger partial charge on any atom is -0.481 e. The number of hydrogen-bond donors (Lipinski definition) is 2. The fourth-order valence-corrected chi connectivity index (χ4v) is 4.19. The van der Waals surface area contributed by atoms with Crippen molar-refractivity contribution in [2.45, 2.75) is 95.5 Å². The number of aliphatic hydroxyl groups is 1. The molecule has 27 heavy (non-hydrogen) atoms. The van der Waals surface area contributed by atoms with Crippen LogP contribution in [0.2, 0.25) is 0 Å². The van der Waals surface area contributed by atoms with Gasteiger partial charge in [0.05, 0.1) is 24.7 Å². The van der Waals surface area contributed by atoms with Gasteiger partial charge in [0, 0.05) is 6.42 Å². The molecule has 5 nitrogen and oxygen atoms in total. The van der Waals surface area contributed by atoms with Crippen LogP contribution in [0.25, 0.3) is 0 Å². The van der Waals surface area contributed by atoms with Crippen LogP contribution in [0, 0.1) is 18.3 Å². The summed E-state index contributed by atoms with van der Waals surface area (Å²) in [5.74, 6) is 1.71. The van der Waals surface area contributed by atoms with Gasteiger partial charge in [-0.3, -0.25) is 4.79 Å². The summed E-state index contributed by atoms with van der Waals surface area (Å²) in [6.07, 6.45) is 12.0. The first-order valence-corrected chi connectivity index (χ1v) is 9.91. The van der Waals surface area contributed by atoms with Crippen LogP contribution >= 0.6 is 0 Å². The van der Waals surface area contributed by atoms with Crippen LogP contribution in [0.5, 0.6) is 0 Å². The number of carbonyl (C=O) groups is 1.